The molecule has 0 radical (unpaired) electrons. The van der Waals surface area contributed by atoms with Gasteiger partial charge in [-0.15, -0.1) is 0 Å². The molecule has 2 rings (SSSR count). The van der Waals surface area contributed by atoms with Crippen molar-refractivity contribution in [3.63, 3.8) is 0 Å². The van der Waals surface area contributed by atoms with Crippen LogP contribution in [0.5, 0.6) is 0 Å². The van der Waals surface area contributed by atoms with Gasteiger partial charge in [-0.1, -0.05) is 24.3 Å². The first kappa shape index (κ1) is 14.0. The number of hydrogen-bond donors (Lipinski definition) is 1. The van der Waals surface area contributed by atoms with Gasteiger partial charge in [0.25, 0.3) is 0 Å². The predicted octanol–water partition coefficient (Wildman–Crippen LogP) is 3.29. The molecule has 0 bridgehead atoms. The summed E-state index contributed by atoms with van der Waals surface area (Å²) in [6, 6.07) is 11.3. The number of rotatable bonds is 4. The van der Waals surface area contributed by atoms with Crippen LogP contribution in [0.3, 0.4) is 0 Å². The first-order chi connectivity index (χ1) is 9.61. The molecule has 1 unspecified atom stereocenters. The maximum atomic E-state index is 13.3. The van der Waals surface area contributed by atoms with Gasteiger partial charge in [-0.2, -0.15) is 0 Å². The Balaban J connectivity index is 2.32. The van der Waals surface area contributed by atoms with Gasteiger partial charge in [0.1, 0.15) is 0 Å². The van der Waals surface area contributed by atoms with Crippen molar-refractivity contribution < 1.29 is 18.3 Å². The monoisotopic (exact) mass is 277 g/mol. The molecule has 0 fully saturated rings. The number of carbonyl (C=O) groups is 1. The molecule has 1 atom stereocenters. The number of hydrogen-bond acceptors (Lipinski definition) is 3. The maximum absolute atomic E-state index is 13.3. The van der Waals surface area contributed by atoms with Gasteiger partial charge in [-0.3, -0.25) is 0 Å². The number of anilines is 1. The van der Waals surface area contributed by atoms with Crippen molar-refractivity contribution in [3.05, 3.63) is 65.7 Å². The van der Waals surface area contributed by atoms with Gasteiger partial charge >= 0.3 is 5.97 Å². The average Bonchev–Trinajstić information content (AvgIpc) is 2.48. The molecule has 0 aliphatic carbocycles. The van der Waals surface area contributed by atoms with Crippen LogP contribution in [0.4, 0.5) is 14.5 Å². The van der Waals surface area contributed by atoms with Crippen LogP contribution in [-0.4, -0.2) is 13.1 Å². The Morgan fingerprint density at radius 2 is 1.80 bits per heavy atom. The smallest absolute Gasteiger partial charge is 0.332 e. The van der Waals surface area contributed by atoms with Crippen LogP contribution in [0.15, 0.2) is 48.5 Å². The summed E-state index contributed by atoms with van der Waals surface area (Å²) in [6.45, 7) is 0. The van der Waals surface area contributed by atoms with Crippen LogP contribution >= 0.6 is 0 Å². The second kappa shape index (κ2) is 6.14. The molecule has 3 nitrogen and oxygen atoms in total. The molecule has 0 amide bonds. The summed E-state index contributed by atoms with van der Waals surface area (Å²) in [5.74, 6) is -2.55. The van der Waals surface area contributed by atoms with Gasteiger partial charge in [0.05, 0.1) is 7.11 Å². The van der Waals surface area contributed by atoms with Crippen LogP contribution < -0.4 is 5.32 Å². The molecule has 0 saturated heterocycles. The molecule has 104 valence electrons. The Bertz CT molecular complexity index is 602. The Hall–Kier alpha value is -2.43. The molecular weight excluding hydrogens is 264 g/mol. The highest BCUT2D eigenvalue weighted by Crippen LogP contribution is 2.22. The lowest BCUT2D eigenvalue weighted by atomic mass is 10.1. The third-order valence-corrected chi connectivity index (χ3v) is 2.80. The Morgan fingerprint density at radius 3 is 2.40 bits per heavy atom. The molecule has 0 saturated carbocycles. The quantitative estimate of drug-likeness (QED) is 0.871. The fraction of sp³-hybridized carbons (Fsp3) is 0.133. The van der Waals surface area contributed by atoms with Gasteiger partial charge in [0.2, 0.25) is 0 Å². The second-order valence-electron chi connectivity index (χ2n) is 4.14. The first-order valence-corrected chi connectivity index (χ1v) is 5.96. The number of carbonyl (C=O) groups excluding carboxylic acids is 1. The van der Waals surface area contributed by atoms with Crippen molar-refractivity contribution in [2.24, 2.45) is 0 Å². The van der Waals surface area contributed by atoms with E-state index in [1.807, 2.05) is 6.07 Å². The number of ether oxygens (including phenoxy) is 1. The highest BCUT2D eigenvalue weighted by Gasteiger charge is 2.22. The van der Waals surface area contributed by atoms with Crippen molar-refractivity contribution in [3.8, 4) is 0 Å². The summed E-state index contributed by atoms with van der Waals surface area (Å²) in [6.07, 6.45) is 0. The van der Waals surface area contributed by atoms with Gasteiger partial charge in [0, 0.05) is 5.69 Å². The molecule has 1 N–H and O–H groups in total. The van der Waals surface area contributed by atoms with Crippen LogP contribution in [0.1, 0.15) is 11.6 Å². The highest BCUT2D eigenvalue weighted by molar-refractivity contribution is 5.81. The van der Waals surface area contributed by atoms with Crippen molar-refractivity contribution in [2.75, 3.05) is 12.4 Å². The third-order valence-electron chi connectivity index (χ3n) is 2.80. The van der Waals surface area contributed by atoms with Gasteiger partial charge < -0.3 is 10.1 Å². The summed E-state index contributed by atoms with van der Waals surface area (Å²) < 4.78 is 30.9. The van der Waals surface area contributed by atoms with Crippen molar-refractivity contribution in [1.29, 1.82) is 0 Å². The largest absolute Gasteiger partial charge is 0.467 e. The van der Waals surface area contributed by atoms with E-state index in [4.69, 9.17) is 4.74 Å². The SMILES string of the molecule is COC(=O)C(Nc1ccccc1)c1ccc(F)c(F)c1. The fourth-order valence-corrected chi connectivity index (χ4v) is 1.79. The number of para-hydroxylation sites is 1. The minimum Gasteiger partial charge on any atom is -0.467 e. The van der Waals surface area contributed by atoms with E-state index in [-0.39, 0.29) is 0 Å². The molecule has 0 aliphatic heterocycles. The minimum absolute atomic E-state index is 0.291. The molecule has 2 aromatic carbocycles. The van der Waals surface area contributed by atoms with E-state index < -0.39 is 23.6 Å². The van der Waals surface area contributed by atoms with Crippen molar-refractivity contribution >= 4 is 11.7 Å². The zero-order chi connectivity index (χ0) is 14.5. The van der Waals surface area contributed by atoms with Crippen LogP contribution in [0.25, 0.3) is 0 Å². The molecule has 2 aromatic rings. The minimum atomic E-state index is -1.01. The van der Waals surface area contributed by atoms with E-state index in [1.54, 1.807) is 24.3 Å². The lowest BCUT2D eigenvalue weighted by Crippen LogP contribution is -2.22. The Labute approximate surface area is 115 Å². The summed E-state index contributed by atoms with van der Waals surface area (Å²) in [7, 11) is 1.24. The van der Waals surface area contributed by atoms with E-state index in [0.29, 0.717) is 11.3 Å². The van der Waals surface area contributed by atoms with E-state index in [0.717, 1.165) is 12.1 Å². The summed E-state index contributed by atoms with van der Waals surface area (Å²) in [5.41, 5.74) is 0.965. The van der Waals surface area contributed by atoms with Gasteiger partial charge in [-0.05, 0) is 29.8 Å². The van der Waals surface area contributed by atoms with E-state index >= 15 is 0 Å². The highest BCUT2D eigenvalue weighted by atomic mass is 19.2. The standard InChI is InChI=1S/C15H13F2NO2/c1-20-15(19)14(18-11-5-3-2-4-6-11)10-7-8-12(16)13(17)9-10/h2-9,14,18H,1H3. The fourth-order valence-electron chi connectivity index (χ4n) is 1.79. The second-order valence-corrected chi connectivity index (χ2v) is 4.14. The summed E-state index contributed by atoms with van der Waals surface area (Å²) in [5, 5.41) is 2.93. The molecule has 5 heteroatoms. The van der Waals surface area contributed by atoms with Crippen molar-refractivity contribution in [2.45, 2.75) is 6.04 Å². The predicted molar refractivity (Wildman–Crippen MR) is 71.2 cm³/mol. The molecule has 0 aliphatic rings. The third kappa shape index (κ3) is 3.12. The van der Waals surface area contributed by atoms with E-state index in [9.17, 15) is 13.6 Å². The molecule has 20 heavy (non-hydrogen) atoms. The van der Waals surface area contributed by atoms with E-state index in [2.05, 4.69) is 5.32 Å². The topological polar surface area (TPSA) is 38.3 Å². The maximum Gasteiger partial charge on any atom is 0.332 e. The van der Waals surface area contributed by atoms with E-state index in [1.165, 1.54) is 13.2 Å². The Kier molecular flexibility index (Phi) is 4.30. The normalized spacial score (nSPS) is 11.8. The molecular formula is C15H13F2NO2. The first-order valence-electron chi connectivity index (χ1n) is 5.96. The van der Waals surface area contributed by atoms with Gasteiger partial charge in [-0.25, -0.2) is 13.6 Å². The number of esters is 1. The molecule has 0 heterocycles. The zero-order valence-electron chi connectivity index (χ0n) is 10.8. The zero-order valence-corrected chi connectivity index (χ0v) is 10.8. The number of halogens is 2. The van der Waals surface area contributed by atoms with Crippen molar-refractivity contribution in [1.82, 2.24) is 0 Å². The molecule has 0 aromatic heterocycles. The van der Waals surface area contributed by atoms with Gasteiger partial charge in [0.15, 0.2) is 17.7 Å². The lowest BCUT2D eigenvalue weighted by molar-refractivity contribution is -0.141. The number of nitrogens with one attached hydrogen (secondary N) is 1. The summed E-state index contributed by atoms with van der Waals surface area (Å²) >= 11 is 0. The van der Waals surface area contributed by atoms with Crippen LogP contribution in [0.2, 0.25) is 0 Å². The molecule has 0 spiro atoms. The van der Waals surface area contributed by atoms with Crippen LogP contribution in [-0.2, 0) is 9.53 Å². The van der Waals surface area contributed by atoms with Crippen LogP contribution in [0, 0.1) is 11.6 Å². The lowest BCUT2D eigenvalue weighted by Gasteiger charge is -2.18. The Morgan fingerprint density at radius 1 is 1.10 bits per heavy atom. The average molecular weight is 277 g/mol. The number of benzene rings is 2. The summed E-state index contributed by atoms with van der Waals surface area (Å²) in [4.78, 5) is 11.8. The number of methoxy groups -OCH3 is 1.